The van der Waals surface area contributed by atoms with Crippen molar-refractivity contribution in [1.82, 2.24) is 4.90 Å². The van der Waals surface area contributed by atoms with Crippen LogP contribution in [0.2, 0.25) is 0 Å². The fourth-order valence-electron chi connectivity index (χ4n) is 1.01. The molecule has 0 aliphatic rings. The minimum atomic E-state index is 1.05. The van der Waals surface area contributed by atoms with Crippen LogP contribution in [0.1, 0.15) is 54.0 Å². The van der Waals surface area contributed by atoms with Gasteiger partial charge in [0, 0.05) is 6.54 Å². The van der Waals surface area contributed by atoms with Gasteiger partial charge in [0.2, 0.25) is 0 Å². The Bertz CT molecular complexity index is 194. The predicted octanol–water partition coefficient (Wildman–Crippen LogP) is 5.22. The van der Waals surface area contributed by atoms with E-state index in [4.69, 9.17) is 0 Å². The highest BCUT2D eigenvalue weighted by atomic mass is 15.1. The molecule has 0 saturated carbocycles. The average Bonchev–Trinajstić information content (AvgIpc) is 2.46. The molecular formula is C16H33N. The summed E-state index contributed by atoms with van der Waals surface area (Å²) >= 11 is 0. The molecule has 0 N–H and O–H groups in total. The van der Waals surface area contributed by atoms with E-state index < -0.39 is 0 Å². The van der Waals surface area contributed by atoms with Crippen LogP contribution in [-0.2, 0) is 6.54 Å². The lowest BCUT2D eigenvalue weighted by atomic mass is 10.2. The second-order valence-corrected chi connectivity index (χ2v) is 2.82. The fourth-order valence-corrected chi connectivity index (χ4v) is 1.01. The van der Waals surface area contributed by atoms with Gasteiger partial charge in [-0.2, -0.15) is 0 Å². The molecule has 1 aromatic carbocycles. The zero-order chi connectivity index (χ0) is 14.1. The van der Waals surface area contributed by atoms with Crippen molar-refractivity contribution in [2.75, 3.05) is 13.6 Å². The summed E-state index contributed by atoms with van der Waals surface area (Å²) in [5.74, 6) is 0. The van der Waals surface area contributed by atoms with Gasteiger partial charge in [-0.3, -0.25) is 0 Å². The Morgan fingerprint density at radius 2 is 1.24 bits per heavy atom. The highest BCUT2D eigenvalue weighted by Crippen LogP contribution is 2.01. The Morgan fingerprint density at radius 3 is 1.59 bits per heavy atom. The van der Waals surface area contributed by atoms with Gasteiger partial charge in [0.25, 0.3) is 0 Å². The van der Waals surface area contributed by atoms with Crippen LogP contribution in [0.5, 0.6) is 0 Å². The summed E-state index contributed by atoms with van der Waals surface area (Å²) in [7, 11) is 2.13. The second-order valence-electron chi connectivity index (χ2n) is 2.82. The highest BCUT2D eigenvalue weighted by molar-refractivity contribution is 5.14. The van der Waals surface area contributed by atoms with Gasteiger partial charge in [-0.05, 0) is 19.2 Å². The molecule has 0 fully saturated rings. The average molecular weight is 239 g/mol. The standard InChI is InChI=1S/C10H15N.3C2H6/c1-3-11(2)9-10-7-5-4-6-8-10;3*1-2/h4-8H,3,9H2,1-2H3;3*1-2H3. The lowest BCUT2D eigenvalue weighted by Crippen LogP contribution is -2.16. The third-order valence-electron chi connectivity index (χ3n) is 1.84. The first-order chi connectivity index (χ1) is 8.33. The normalized spacial score (nSPS) is 7.82. The van der Waals surface area contributed by atoms with Crippen LogP contribution in [-0.4, -0.2) is 18.5 Å². The highest BCUT2D eigenvalue weighted by Gasteiger charge is 1.94. The quantitative estimate of drug-likeness (QED) is 0.699. The van der Waals surface area contributed by atoms with Crippen LogP contribution in [0.3, 0.4) is 0 Å². The zero-order valence-corrected chi connectivity index (χ0v) is 13.2. The van der Waals surface area contributed by atoms with Crippen LogP contribution in [0.4, 0.5) is 0 Å². The van der Waals surface area contributed by atoms with Crippen LogP contribution in [0.25, 0.3) is 0 Å². The van der Waals surface area contributed by atoms with E-state index in [0.29, 0.717) is 0 Å². The lowest BCUT2D eigenvalue weighted by Gasteiger charge is -2.12. The molecule has 0 spiro atoms. The lowest BCUT2D eigenvalue weighted by molar-refractivity contribution is 0.346. The van der Waals surface area contributed by atoms with E-state index >= 15 is 0 Å². The van der Waals surface area contributed by atoms with Gasteiger partial charge in [-0.25, -0.2) is 0 Å². The third-order valence-corrected chi connectivity index (χ3v) is 1.84. The van der Waals surface area contributed by atoms with Crippen molar-refractivity contribution < 1.29 is 0 Å². The predicted molar refractivity (Wildman–Crippen MR) is 82.5 cm³/mol. The van der Waals surface area contributed by atoms with E-state index in [2.05, 4.69) is 49.2 Å². The van der Waals surface area contributed by atoms with Gasteiger partial charge in [-0.15, -0.1) is 0 Å². The topological polar surface area (TPSA) is 3.24 Å². The SMILES string of the molecule is CC.CC.CC.CCN(C)Cc1ccccc1. The molecular weight excluding hydrogens is 206 g/mol. The molecule has 0 bridgehead atoms. The Labute approximate surface area is 110 Å². The summed E-state index contributed by atoms with van der Waals surface area (Å²) < 4.78 is 0. The molecule has 17 heavy (non-hydrogen) atoms. The maximum absolute atomic E-state index is 2.29. The van der Waals surface area contributed by atoms with E-state index in [1.807, 2.05) is 41.5 Å². The minimum absolute atomic E-state index is 1.05. The first-order valence-electron chi connectivity index (χ1n) is 7.05. The van der Waals surface area contributed by atoms with Gasteiger partial charge < -0.3 is 4.90 Å². The van der Waals surface area contributed by atoms with Crippen molar-refractivity contribution in [2.45, 2.75) is 55.0 Å². The molecule has 0 aliphatic carbocycles. The smallest absolute Gasteiger partial charge is 0.0230 e. The Balaban J connectivity index is -0.000000285. The molecule has 0 amide bonds. The van der Waals surface area contributed by atoms with E-state index in [1.54, 1.807) is 0 Å². The van der Waals surface area contributed by atoms with E-state index in [9.17, 15) is 0 Å². The molecule has 0 heterocycles. The van der Waals surface area contributed by atoms with Crippen molar-refractivity contribution >= 4 is 0 Å². The third kappa shape index (κ3) is 15.2. The largest absolute Gasteiger partial charge is 0.302 e. The monoisotopic (exact) mass is 239 g/mol. The van der Waals surface area contributed by atoms with Crippen LogP contribution < -0.4 is 0 Å². The van der Waals surface area contributed by atoms with Gasteiger partial charge in [0.1, 0.15) is 0 Å². The molecule has 1 aromatic rings. The molecule has 0 aromatic heterocycles. The number of benzene rings is 1. The summed E-state index contributed by atoms with van der Waals surface area (Å²) in [6, 6.07) is 10.5. The Kier molecular flexibility index (Phi) is 26.0. The van der Waals surface area contributed by atoms with Crippen molar-refractivity contribution in [3.8, 4) is 0 Å². The summed E-state index contributed by atoms with van der Waals surface area (Å²) in [5, 5.41) is 0. The van der Waals surface area contributed by atoms with Crippen molar-refractivity contribution in [2.24, 2.45) is 0 Å². The van der Waals surface area contributed by atoms with Gasteiger partial charge >= 0.3 is 0 Å². The minimum Gasteiger partial charge on any atom is -0.302 e. The molecule has 1 nitrogen and oxygen atoms in total. The fraction of sp³-hybridized carbons (Fsp3) is 0.625. The summed E-state index contributed by atoms with van der Waals surface area (Å²) in [6.07, 6.45) is 0. The maximum Gasteiger partial charge on any atom is 0.0230 e. The number of hydrogen-bond acceptors (Lipinski definition) is 1. The van der Waals surface area contributed by atoms with Gasteiger partial charge in [0.15, 0.2) is 0 Å². The molecule has 0 atom stereocenters. The first kappa shape index (κ1) is 21.5. The van der Waals surface area contributed by atoms with Gasteiger partial charge in [-0.1, -0.05) is 78.8 Å². The van der Waals surface area contributed by atoms with Crippen molar-refractivity contribution in [1.29, 1.82) is 0 Å². The molecule has 0 radical (unpaired) electrons. The van der Waals surface area contributed by atoms with Crippen LogP contribution in [0, 0.1) is 0 Å². The maximum atomic E-state index is 2.29. The molecule has 102 valence electrons. The Hall–Kier alpha value is -0.820. The molecule has 1 rings (SSSR count). The molecule has 1 heteroatoms. The van der Waals surface area contributed by atoms with E-state index in [-0.39, 0.29) is 0 Å². The number of hydrogen-bond donors (Lipinski definition) is 0. The van der Waals surface area contributed by atoms with Crippen molar-refractivity contribution in [3.63, 3.8) is 0 Å². The molecule has 0 aliphatic heterocycles. The molecule has 0 saturated heterocycles. The first-order valence-corrected chi connectivity index (χ1v) is 7.05. The van der Waals surface area contributed by atoms with E-state index in [0.717, 1.165) is 13.1 Å². The summed E-state index contributed by atoms with van der Waals surface area (Å²) in [6.45, 7) is 16.3. The number of rotatable bonds is 3. The molecule has 0 unspecified atom stereocenters. The summed E-state index contributed by atoms with van der Waals surface area (Å²) in [4.78, 5) is 2.29. The second kappa shape index (κ2) is 20.6. The van der Waals surface area contributed by atoms with Crippen molar-refractivity contribution in [3.05, 3.63) is 35.9 Å². The number of nitrogens with zero attached hydrogens (tertiary/aromatic N) is 1. The zero-order valence-electron chi connectivity index (χ0n) is 13.2. The van der Waals surface area contributed by atoms with Crippen LogP contribution in [0.15, 0.2) is 30.3 Å². The van der Waals surface area contributed by atoms with Gasteiger partial charge in [0.05, 0.1) is 0 Å². The van der Waals surface area contributed by atoms with E-state index in [1.165, 1.54) is 5.56 Å². The Morgan fingerprint density at radius 1 is 0.824 bits per heavy atom. The van der Waals surface area contributed by atoms with Crippen LogP contribution >= 0.6 is 0 Å². The summed E-state index contributed by atoms with van der Waals surface area (Å²) in [5.41, 5.74) is 1.39.